The van der Waals surface area contributed by atoms with Gasteiger partial charge in [0.25, 0.3) is 0 Å². The summed E-state index contributed by atoms with van der Waals surface area (Å²) in [5, 5.41) is 10.8. The molecule has 0 saturated heterocycles. The van der Waals surface area contributed by atoms with E-state index in [0.29, 0.717) is 0 Å². The normalized spacial score (nSPS) is 12.0. The van der Waals surface area contributed by atoms with E-state index in [0.717, 1.165) is 16.8 Å². The molecular weight excluding hydrogens is 587 g/mol. The minimum atomic E-state index is -0.417. The minimum Gasteiger partial charge on any atom is -0.512 e. The zero-order chi connectivity index (χ0) is 24.3. The molecule has 1 aromatic heterocycles. The molecule has 4 heteroatoms. The largest absolute Gasteiger partial charge is 0.512 e. The van der Waals surface area contributed by atoms with Crippen molar-refractivity contribution in [2.24, 2.45) is 10.8 Å². The molecule has 0 atom stereocenters. The van der Waals surface area contributed by atoms with Crippen LogP contribution in [0.2, 0.25) is 0 Å². The van der Waals surface area contributed by atoms with Crippen LogP contribution in [0.25, 0.3) is 22.2 Å². The third-order valence-electron chi connectivity index (χ3n) is 5.17. The molecule has 179 valence electrons. The summed E-state index contributed by atoms with van der Waals surface area (Å²) in [5.41, 5.74) is 6.11. The van der Waals surface area contributed by atoms with Crippen LogP contribution in [0.3, 0.4) is 0 Å². The third kappa shape index (κ3) is 8.21. The number of carbonyl (C=O) groups excluding carboxylic acids is 1. The quantitative estimate of drug-likeness (QED) is 0.181. The second-order valence-corrected chi connectivity index (χ2v) is 10.5. The first-order valence-corrected chi connectivity index (χ1v) is 11.0. The Morgan fingerprint density at radius 2 is 1.55 bits per heavy atom. The molecular formula is C29H36IrNO2-. The van der Waals surface area contributed by atoms with Crippen molar-refractivity contribution < 1.29 is 30.0 Å². The van der Waals surface area contributed by atoms with Crippen molar-refractivity contribution in [3.8, 4) is 11.3 Å². The van der Waals surface area contributed by atoms with Gasteiger partial charge in [-0.3, -0.25) is 9.78 Å². The molecule has 3 rings (SSSR count). The number of aromatic nitrogens is 1. The van der Waals surface area contributed by atoms with E-state index >= 15 is 0 Å². The minimum absolute atomic E-state index is 0. The van der Waals surface area contributed by atoms with Crippen molar-refractivity contribution in [3.05, 3.63) is 77.1 Å². The van der Waals surface area contributed by atoms with Gasteiger partial charge in [-0.25, -0.2) is 0 Å². The summed E-state index contributed by atoms with van der Waals surface area (Å²) in [6.07, 6.45) is 1.33. The monoisotopic (exact) mass is 623 g/mol. The van der Waals surface area contributed by atoms with Gasteiger partial charge in [-0.15, -0.1) is 35.4 Å². The second kappa shape index (κ2) is 11.2. The number of hydrogen-bond donors (Lipinski definition) is 1. The van der Waals surface area contributed by atoms with Crippen molar-refractivity contribution in [1.29, 1.82) is 0 Å². The standard InChI is InChI=1S/C18H16N.C11H20O2.Ir/c1-12-5-4-6-15(10-12)17-8-7-16-14(3)9-13(2)11-18(16)19-17;1-10(2,3)8(12)7-9(13)11(4,5)6;/h4-5,7-11H,1-3H3;7,12H,1-6H3;/q-1;;/b;8-7-;. The molecule has 0 amide bonds. The number of nitrogens with zero attached hydrogens (tertiary/aromatic N) is 1. The van der Waals surface area contributed by atoms with Crippen LogP contribution in [-0.2, 0) is 24.9 Å². The predicted octanol–water partition coefficient (Wildman–Crippen LogP) is 7.71. The number of carbonyl (C=O) groups is 1. The number of hydrogen-bond acceptors (Lipinski definition) is 3. The molecule has 0 aliphatic carbocycles. The fourth-order valence-electron chi connectivity index (χ4n) is 3.03. The fraction of sp³-hybridized carbons (Fsp3) is 0.379. The van der Waals surface area contributed by atoms with E-state index in [4.69, 9.17) is 4.98 Å². The van der Waals surface area contributed by atoms with E-state index in [1.54, 1.807) is 0 Å². The number of ketones is 1. The first-order valence-electron chi connectivity index (χ1n) is 11.0. The molecule has 0 unspecified atom stereocenters. The fourth-order valence-corrected chi connectivity index (χ4v) is 3.03. The summed E-state index contributed by atoms with van der Waals surface area (Å²) in [4.78, 5) is 16.3. The van der Waals surface area contributed by atoms with Crippen molar-refractivity contribution in [2.75, 3.05) is 0 Å². The van der Waals surface area contributed by atoms with E-state index in [-0.39, 0.29) is 37.1 Å². The number of pyridine rings is 1. The average Bonchev–Trinajstić information content (AvgIpc) is 2.66. The maximum absolute atomic E-state index is 11.5. The average molecular weight is 623 g/mol. The summed E-state index contributed by atoms with van der Waals surface area (Å²) >= 11 is 0. The molecule has 0 aliphatic rings. The molecule has 0 spiro atoms. The van der Waals surface area contributed by atoms with Crippen LogP contribution in [0, 0.1) is 37.7 Å². The van der Waals surface area contributed by atoms with E-state index in [1.807, 2.05) is 47.6 Å². The Morgan fingerprint density at radius 1 is 0.909 bits per heavy atom. The third-order valence-corrected chi connectivity index (χ3v) is 5.17. The number of fused-ring (bicyclic) bond motifs is 1. The first kappa shape index (κ1) is 28.7. The summed E-state index contributed by atoms with van der Waals surface area (Å²) in [7, 11) is 0. The Kier molecular flexibility index (Phi) is 9.78. The number of rotatable bonds is 2. The number of aliphatic hydroxyl groups is 1. The van der Waals surface area contributed by atoms with Crippen LogP contribution >= 0.6 is 0 Å². The summed E-state index contributed by atoms with van der Waals surface area (Å²) in [6, 6.07) is 18.0. The van der Waals surface area contributed by atoms with E-state index in [2.05, 4.69) is 63.2 Å². The number of benzene rings is 2. The van der Waals surface area contributed by atoms with Crippen molar-refractivity contribution >= 4 is 16.7 Å². The molecule has 2 aromatic carbocycles. The van der Waals surface area contributed by atoms with Gasteiger partial charge < -0.3 is 5.11 Å². The van der Waals surface area contributed by atoms with Crippen LogP contribution in [0.15, 0.2) is 54.3 Å². The predicted molar refractivity (Wildman–Crippen MR) is 135 cm³/mol. The Hall–Kier alpha value is -2.29. The summed E-state index contributed by atoms with van der Waals surface area (Å²) < 4.78 is 0. The smallest absolute Gasteiger partial charge is 0.164 e. The number of allylic oxidation sites excluding steroid dienone is 2. The summed E-state index contributed by atoms with van der Waals surface area (Å²) in [5.74, 6) is 0.104. The van der Waals surface area contributed by atoms with E-state index < -0.39 is 5.41 Å². The molecule has 33 heavy (non-hydrogen) atoms. The van der Waals surface area contributed by atoms with Crippen molar-refractivity contribution in [3.63, 3.8) is 0 Å². The Morgan fingerprint density at radius 3 is 2.09 bits per heavy atom. The van der Waals surface area contributed by atoms with Gasteiger partial charge in [0.2, 0.25) is 0 Å². The van der Waals surface area contributed by atoms with E-state index in [9.17, 15) is 9.90 Å². The summed E-state index contributed by atoms with van der Waals surface area (Å²) in [6.45, 7) is 17.4. The first-order chi connectivity index (χ1) is 14.7. The van der Waals surface area contributed by atoms with Crippen molar-refractivity contribution in [2.45, 2.75) is 62.3 Å². The van der Waals surface area contributed by atoms with Gasteiger partial charge in [0.1, 0.15) is 5.76 Å². The van der Waals surface area contributed by atoms with Crippen LogP contribution in [0.4, 0.5) is 0 Å². The zero-order valence-electron chi connectivity index (χ0n) is 21.3. The molecule has 0 saturated carbocycles. The van der Waals surface area contributed by atoms with Crippen LogP contribution < -0.4 is 0 Å². The molecule has 1 heterocycles. The molecule has 1 radical (unpaired) electrons. The molecule has 3 nitrogen and oxygen atoms in total. The topological polar surface area (TPSA) is 50.2 Å². The van der Waals surface area contributed by atoms with Gasteiger partial charge in [-0.05, 0) is 36.7 Å². The molecule has 0 bridgehead atoms. The van der Waals surface area contributed by atoms with Crippen LogP contribution in [-0.4, -0.2) is 15.9 Å². The number of aliphatic hydroxyl groups excluding tert-OH is 1. The van der Waals surface area contributed by atoms with Gasteiger partial charge in [-0.2, -0.15) is 0 Å². The molecule has 1 N–H and O–H groups in total. The molecule has 0 aliphatic heterocycles. The van der Waals surface area contributed by atoms with Gasteiger partial charge >= 0.3 is 0 Å². The molecule has 3 aromatic rings. The van der Waals surface area contributed by atoms with Gasteiger partial charge in [0, 0.05) is 42.4 Å². The van der Waals surface area contributed by atoms with Crippen molar-refractivity contribution in [1.82, 2.24) is 4.98 Å². The second-order valence-electron chi connectivity index (χ2n) is 10.5. The van der Waals surface area contributed by atoms with Gasteiger partial charge in [-0.1, -0.05) is 66.7 Å². The van der Waals surface area contributed by atoms with Gasteiger partial charge in [0.15, 0.2) is 5.78 Å². The van der Waals surface area contributed by atoms with Crippen LogP contribution in [0.5, 0.6) is 0 Å². The SMILES string of the molecule is CC(C)(C)C(=O)/C=C(\O)C(C)(C)C.Cc1cc[c-]c(-c2ccc3c(C)cc(C)cc3n2)c1.[Ir]. The van der Waals surface area contributed by atoms with Gasteiger partial charge in [0.05, 0.1) is 5.52 Å². The zero-order valence-corrected chi connectivity index (χ0v) is 23.6. The Labute approximate surface area is 212 Å². The van der Waals surface area contributed by atoms with Crippen LogP contribution in [0.1, 0.15) is 58.2 Å². The Balaban J connectivity index is 0.000000346. The Bertz CT molecular complexity index is 1150. The maximum Gasteiger partial charge on any atom is 0.164 e. The number of aryl methyl sites for hydroxylation is 3. The maximum atomic E-state index is 11.5. The van der Waals surface area contributed by atoms with E-state index in [1.165, 1.54) is 28.2 Å². The molecule has 0 fully saturated rings.